The number of unbranched alkanes of at least 4 members (excludes halogenated alkanes) is 5. The minimum atomic E-state index is -0.837. The van der Waals surface area contributed by atoms with Crippen molar-refractivity contribution in [2.24, 2.45) is 5.92 Å². The summed E-state index contributed by atoms with van der Waals surface area (Å²) in [4.78, 5) is 22.4. The second-order valence-electron chi connectivity index (χ2n) is 6.91. The van der Waals surface area contributed by atoms with Crippen molar-refractivity contribution in [2.45, 2.75) is 104 Å². The Bertz CT molecular complexity index is 266. The Hall–Kier alpha value is 0.190. The van der Waals surface area contributed by atoms with Gasteiger partial charge in [-0.1, -0.05) is 66.2 Å². The molecule has 0 N–H and O–H groups in total. The van der Waals surface area contributed by atoms with Gasteiger partial charge in [-0.2, -0.15) is 22.4 Å². The largest absolute Gasteiger partial charge is 0.236 e. The first kappa shape index (κ1) is 25.2. The van der Waals surface area contributed by atoms with Crippen LogP contribution in [0.3, 0.4) is 0 Å². The SMILES string of the molecule is CCCCCCCCC(C)C(CCCS)(OOCCC)OOCCC. The Morgan fingerprint density at radius 3 is 1.84 bits per heavy atom. The fourth-order valence-corrected chi connectivity index (χ4v) is 2.89. The van der Waals surface area contributed by atoms with Crippen LogP contribution in [-0.4, -0.2) is 24.8 Å². The maximum atomic E-state index is 5.80. The first-order valence-electron chi connectivity index (χ1n) is 10.4. The molecule has 1 unspecified atom stereocenters. The number of hydrogen-bond donors (Lipinski definition) is 1. The van der Waals surface area contributed by atoms with Crippen LogP contribution >= 0.6 is 12.6 Å². The molecule has 1 atom stereocenters. The quantitative estimate of drug-likeness (QED) is 0.0915. The molecule has 0 radical (unpaired) electrons. The van der Waals surface area contributed by atoms with Crippen LogP contribution in [0.5, 0.6) is 0 Å². The van der Waals surface area contributed by atoms with Gasteiger partial charge in [-0.15, -0.1) is 0 Å². The van der Waals surface area contributed by atoms with Gasteiger partial charge in [0.05, 0.1) is 13.2 Å². The van der Waals surface area contributed by atoms with E-state index in [4.69, 9.17) is 19.6 Å². The molecule has 0 aromatic heterocycles. The summed E-state index contributed by atoms with van der Waals surface area (Å²) in [5, 5.41) is 0. The van der Waals surface area contributed by atoms with Gasteiger partial charge in [0.1, 0.15) is 0 Å². The molecule has 0 fully saturated rings. The lowest BCUT2D eigenvalue weighted by atomic mass is 9.91. The highest BCUT2D eigenvalue weighted by Gasteiger charge is 2.41. The lowest BCUT2D eigenvalue weighted by molar-refractivity contribution is -0.524. The summed E-state index contributed by atoms with van der Waals surface area (Å²) in [5.41, 5.74) is 0. The molecule has 0 aromatic rings. The van der Waals surface area contributed by atoms with Gasteiger partial charge in [0, 0.05) is 12.3 Å². The second kappa shape index (κ2) is 17.6. The molecule has 5 heteroatoms. The van der Waals surface area contributed by atoms with Gasteiger partial charge in [0.15, 0.2) is 0 Å². The van der Waals surface area contributed by atoms with Crippen LogP contribution in [0, 0.1) is 5.92 Å². The molecular formula is C20H42O4S. The topological polar surface area (TPSA) is 36.9 Å². The Morgan fingerprint density at radius 2 is 1.32 bits per heavy atom. The maximum Gasteiger partial charge on any atom is 0.236 e. The molecule has 25 heavy (non-hydrogen) atoms. The number of hydrogen-bond acceptors (Lipinski definition) is 5. The van der Waals surface area contributed by atoms with Gasteiger partial charge < -0.3 is 0 Å². The minimum Gasteiger partial charge on any atom is -0.234 e. The smallest absolute Gasteiger partial charge is 0.234 e. The Kier molecular flexibility index (Phi) is 17.7. The maximum absolute atomic E-state index is 5.80. The summed E-state index contributed by atoms with van der Waals surface area (Å²) in [7, 11) is 0. The van der Waals surface area contributed by atoms with Crippen molar-refractivity contribution in [3.63, 3.8) is 0 Å². The number of rotatable bonds is 19. The molecule has 0 saturated heterocycles. The average molecular weight is 379 g/mol. The van der Waals surface area contributed by atoms with Gasteiger partial charge >= 0.3 is 0 Å². The molecule has 0 bridgehead atoms. The standard InChI is InChI=1S/C20H42O4S/c1-5-8-9-10-11-12-14-19(4)20(15-13-18-25,23-21-16-6-2)24-22-17-7-3/h19,25H,5-18H2,1-4H3. The zero-order chi connectivity index (χ0) is 18.8. The van der Waals surface area contributed by atoms with Crippen LogP contribution in [0.2, 0.25) is 0 Å². The molecule has 0 saturated carbocycles. The molecule has 0 amide bonds. The second-order valence-corrected chi connectivity index (χ2v) is 7.35. The van der Waals surface area contributed by atoms with Crippen molar-refractivity contribution in [1.29, 1.82) is 0 Å². The molecule has 0 aliphatic rings. The van der Waals surface area contributed by atoms with Gasteiger partial charge in [-0.05, 0) is 31.4 Å². The van der Waals surface area contributed by atoms with Crippen LogP contribution in [0.15, 0.2) is 0 Å². The van der Waals surface area contributed by atoms with E-state index in [1.165, 1.54) is 38.5 Å². The van der Waals surface area contributed by atoms with Crippen molar-refractivity contribution >= 4 is 12.6 Å². The van der Waals surface area contributed by atoms with Crippen molar-refractivity contribution in [2.75, 3.05) is 19.0 Å². The molecular weight excluding hydrogens is 336 g/mol. The molecule has 0 spiro atoms. The monoisotopic (exact) mass is 378 g/mol. The van der Waals surface area contributed by atoms with E-state index in [1.807, 2.05) is 0 Å². The third-order valence-corrected chi connectivity index (χ3v) is 4.72. The highest BCUT2D eigenvalue weighted by Crippen LogP contribution is 2.34. The average Bonchev–Trinajstić information content (AvgIpc) is 2.62. The fraction of sp³-hybridized carbons (Fsp3) is 1.00. The van der Waals surface area contributed by atoms with Gasteiger partial charge in [-0.3, -0.25) is 0 Å². The van der Waals surface area contributed by atoms with Crippen molar-refractivity contribution < 1.29 is 19.6 Å². The summed E-state index contributed by atoms with van der Waals surface area (Å²) < 4.78 is 0. The lowest BCUT2D eigenvalue weighted by Crippen LogP contribution is -2.43. The van der Waals surface area contributed by atoms with E-state index in [2.05, 4.69) is 40.3 Å². The van der Waals surface area contributed by atoms with Crippen LogP contribution in [0.1, 0.15) is 98.3 Å². The summed E-state index contributed by atoms with van der Waals surface area (Å²) >= 11 is 4.35. The Morgan fingerprint density at radius 1 is 0.760 bits per heavy atom. The summed E-state index contributed by atoms with van der Waals surface area (Å²) in [6, 6.07) is 0. The first-order chi connectivity index (χ1) is 12.2. The third kappa shape index (κ3) is 12.2. The molecule has 152 valence electrons. The van der Waals surface area contributed by atoms with E-state index in [1.54, 1.807) is 0 Å². The summed E-state index contributed by atoms with van der Waals surface area (Å²) in [6.45, 7) is 9.67. The van der Waals surface area contributed by atoms with Gasteiger partial charge in [-0.25, -0.2) is 9.78 Å². The first-order valence-corrected chi connectivity index (χ1v) is 11.0. The predicted octanol–water partition coefficient (Wildman–Crippen LogP) is 6.50. The zero-order valence-electron chi connectivity index (χ0n) is 17.1. The zero-order valence-corrected chi connectivity index (χ0v) is 18.0. The van der Waals surface area contributed by atoms with Crippen molar-refractivity contribution in [3.8, 4) is 0 Å². The molecule has 0 heterocycles. The van der Waals surface area contributed by atoms with Crippen LogP contribution in [0.25, 0.3) is 0 Å². The van der Waals surface area contributed by atoms with E-state index >= 15 is 0 Å². The van der Waals surface area contributed by atoms with E-state index in [0.717, 1.165) is 37.9 Å². The van der Waals surface area contributed by atoms with Crippen LogP contribution < -0.4 is 0 Å². The highest BCUT2D eigenvalue weighted by molar-refractivity contribution is 7.80. The Balaban J connectivity index is 4.64. The predicted molar refractivity (Wildman–Crippen MR) is 108 cm³/mol. The minimum absolute atomic E-state index is 0.201. The van der Waals surface area contributed by atoms with Gasteiger partial charge in [0.2, 0.25) is 5.79 Å². The van der Waals surface area contributed by atoms with E-state index in [9.17, 15) is 0 Å². The lowest BCUT2D eigenvalue weighted by Gasteiger charge is -2.36. The van der Waals surface area contributed by atoms with E-state index in [0.29, 0.717) is 13.2 Å². The molecule has 0 aliphatic heterocycles. The Labute approximate surface area is 161 Å². The third-order valence-electron chi connectivity index (χ3n) is 4.40. The summed E-state index contributed by atoms with van der Waals surface area (Å²) in [5.74, 6) is 0.156. The molecule has 0 aliphatic carbocycles. The van der Waals surface area contributed by atoms with Crippen LogP contribution in [0.4, 0.5) is 0 Å². The number of thiol groups is 1. The highest BCUT2D eigenvalue weighted by atomic mass is 32.1. The molecule has 4 nitrogen and oxygen atoms in total. The van der Waals surface area contributed by atoms with E-state index in [-0.39, 0.29) is 5.92 Å². The molecule has 0 rings (SSSR count). The van der Waals surface area contributed by atoms with Crippen LogP contribution in [-0.2, 0) is 19.6 Å². The van der Waals surface area contributed by atoms with Crippen molar-refractivity contribution in [3.05, 3.63) is 0 Å². The van der Waals surface area contributed by atoms with Crippen molar-refractivity contribution in [1.82, 2.24) is 0 Å². The summed E-state index contributed by atoms with van der Waals surface area (Å²) in [6.07, 6.45) is 12.2. The fourth-order valence-electron chi connectivity index (χ4n) is 2.73. The normalized spacial score (nSPS) is 13.3. The van der Waals surface area contributed by atoms with Gasteiger partial charge in [0.25, 0.3) is 0 Å². The van der Waals surface area contributed by atoms with E-state index < -0.39 is 5.79 Å². The molecule has 0 aromatic carbocycles.